The van der Waals surface area contributed by atoms with Gasteiger partial charge in [0.15, 0.2) is 0 Å². The van der Waals surface area contributed by atoms with Gasteiger partial charge in [-0.25, -0.2) is 4.98 Å². The molecular formula is C17H20N4OS. The van der Waals surface area contributed by atoms with Gasteiger partial charge < -0.3 is 14.2 Å². The lowest BCUT2D eigenvalue weighted by Crippen LogP contribution is -2.38. The van der Waals surface area contributed by atoms with Crippen molar-refractivity contribution in [1.82, 2.24) is 13.9 Å². The van der Waals surface area contributed by atoms with Crippen molar-refractivity contribution in [2.75, 3.05) is 18.0 Å². The number of hydrogen-bond acceptors (Lipinski definition) is 5. The van der Waals surface area contributed by atoms with Crippen LogP contribution in [0.2, 0.25) is 0 Å². The van der Waals surface area contributed by atoms with E-state index in [4.69, 9.17) is 4.74 Å². The van der Waals surface area contributed by atoms with Crippen LogP contribution in [0.25, 0.3) is 10.9 Å². The molecule has 3 heterocycles. The molecule has 1 aromatic carbocycles. The number of aromatic nitrogens is 3. The lowest BCUT2D eigenvalue weighted by atomic mass is 10.1. The van der Waals surface area contributed by atoms with E-state index in [0.29, 0.717) is 0 Å². The average Bonchev–Trinajstić information content (AvgIpc) is 3.16. The summed E-state index contributed by atoms with van der Waals surface area (Å²) in [5.74, 6) is 1.85. The molecule has 23 heavy (non-hydrogen) atoms. The lowest BCUT2D eigenvalue weighted by molar-refractivity contribution is 0.173. The lowest BCUT2D eigenvalue weighted by Gasteiger charge is -2.31. The molecule has 1 fully saturated rings. The first-order valence-electron chi connectivity index (χ1n) is 7.96. The third-order valence-electron chi connectivity index (χ3n) is 4.41. The number of aryl methyl sites for hydroxylation is 2. The number of fused-ring (bicyclic) bond motifs is 1. The fraction of sp³-hybridized carbons (Fsp3) is 0.412. The first-order valence-corrected chi connectivity index (χ1v) is 8.74. The highest BCUT2D eigenvalue weighted by atomic mass is 32.1. The summed E-state index contributed by atoms with van der Waals surface area (Å²) in [6.45, 7) is 3.89. The average molecular weight is 328 g/mol. The molecule has 0 bridgehead atoms. The fourth-order valence-corrected chi connectivity index (χ4v) is 3.86. The SMILES string of the molecule is Cc1nsc(N2CCC(Oc3cccc4c3ccn4C)CC2)n1. The van der Waals surface area contributed by atoms with Gasteiger partial charge in [0.25, 0.3) is 0 Å². The first-order chi connectivity index (χ1) is 11.2. The summed E-state index contributed by atoms with van der Waals surface area (Å²) in [6.07, 6.45) is 4.38. The topological polar surface area (TPSA) is 43.2 Å². The second-order valence-corrected chi connectivity index (χ2v) is 6.77. The Bertz CT molecular complexity index is 817. The Balaban J connectivity index is 1.44. The minimum atomic E-state index is 0.270. The second kappa shape index (κ2) is 5.85. The zero-order valence-corrected chi connectivity index (χ0v) is 14.2. The van der Waals surface area contributed by atoms with Crippen LogP contribution in [0.4, 0.5) is 5.13 Å². The number of hydrogen-bond donors (Lipinski definition) is 0. The predicted molar refractivity (Wildman–Crippen MR) is 93.4 cm³/mol. The number of ether oxygens (including phenoxy) is 1. The smallest absolute Gasteiger partial charge is 0.205 e. The Morgan fingerprint density at radius 3 is 2.78 bits per heavy atom. The maximum atomic E-state index is 6.30. The van der Waals surface area contributed by atoms with Crippen LogP contribution in [0.15, 0.2) is 30.5 Å². The monoisotopic (exact) mass is 328 g/mol. The fourth-order valence-electron chi connectivity index (χ4n) is 3.14. The van der Waals surface area contributed by atoms with Crippen LogP contribution in [0.3, 0.4) is 0 Å². The summed E-state index contributed by atoms with van der Waals surface area (Å²) in [5.41, 5.74) is 1.21. The summed E-state index contributed by atoms with van der Waals surface area (Å²) in [4.78, 5) is 6.79. The highest BCUT2D eigenvalue weighted by Crippen LogP contribution is 2.29. The summed E-state index contributed by atoms with van der Waals surface area (Å²) < 4.78 is 12.7. The van der Waals surface area contributed by atoms with Crippen LogP contribution >= 0.6 is 11.5 Å². The molecule has 0 unspecified atom stereocenters. The number of anilines is 1. The standard InChI is InChI=1S/C17H20N4OS/c1-12-18-17(23-19-12)21-10-6-13(7-11-21)22-16-5-3-4-15-14(16)8-9-20(15)2/h3-5,8-9,13H,6-7,10-11H2,1-2H3. The Hall–Kier alpha value is -2.08. The zero-order valence-electron chi connectivity index (χ0n) is 13.4. The van der Waals surface area contributed by atoms with Gasteiger partial charge in [0, 0.05) is 56.1 Å². The molecule has 3 aromatic rings. The molecule has 0 saturated carbocycles. The van der Waals surface area contributed by atoms with Gasteiger partial charge in [0.05, 0.1) is 5.52 Å². The van der Waals surface area contributed by atoms with Crippen molar-refractivity contribution in [2.45, 2.75) is 25.9 Å². The molecule has 6 heteroatoms. The van der Waals surface area contributed by atoms with E-state index in [9.17, 15) is 0 Å². The molecule has 0 radical (unpaired) electrons. The number of rotatable bonds is 3. The summed E-state index contributed by atoms with van der Waals surface area (Å²) in [7, 11) is 2.06. The van der Waals surface area contributed by atoms with Crippen molar-refractivity contribution < 1.29 is 4.74 Å². The highest BCUT2D eigenvalue weighted by Gasteiger charge is 2.23. The summed E-state index contributed by atoms with van der Waals surface area (Å²) >= 11 is 1.49. The third-order valence-corrected chi connectivity index (χ3v) is 5.28. The van der Waals surface area contributed by atoms with E-state index in [1.54, 1.807) is 0 Å². The zero-order chi connectivity index (χ0) is 15.8. The van der Waals surface area contributed by atoms with Crippen molar-refractivity contribution in [3.63, 3.8) is 0 Å². The van der Waals surface area contributed by atoms with Crippen molar-refractivity contribution >= 4 is 27.6 Å². The van der Waals surface area contributed by atoms with Crippen molar-refractivity contribution in [1.29, 1.82) is 0 Å². The van der Waals surface area contributed by atoms with E-state index < -0.39 is 0 Å². The van der Waals surface area contributed by atoms with Gasteiger partial charge in [-0.1, -0.05) is 6.07 Å². The van der Waals surface area contributed by atoms with Crippen LogP contribution in [0.1, 0.15) is 18.7 Å². The van der Waals surface area contributed by atoms with Crippen LogP contribution in [-0.2, 0) is 7.05 Å². The van der Waals surface area contributed by atoms with E-state index in [-0.39, 0.29) is 6.10 Å². The van der Waals surface area contributed by atoms with Crippen LogP contribution in [0.5, 0.6) is 5.75 Å². The Kier molecular flexibility index (Phi) is 3.69. The molecule has 4 rings (SSSR count). The van der Waals surface area contributed by atoms with Crippen molar-refractivity contribution in [3.8, 4) is 5.75 Å². The van der Waals surface area contributed by atoms with E-state index in [0.717, 1.165) is 42.6 Å². The second-order valence-electron chi connectivity index (χ2n) is 6.04. The maximum Gasteiger partial charge on any atom is 0.205 e. The molecule has 2 aromatic heterocycles. The van der Waals surface area contributed by atoms with Gasteiger partial charge in [0.2, 0.25) is 5.13 Å². The van der Waals surface area contributed by atoms with E-state index in [1.807, 2.05) is 6.92 Å². The number of piperidine rings is 1. The quantitative estimate of drug-likeness (QED) is 0.739. The first kappa shape index (κ1) is 14.5. The molecule has 0 amide bonds. The molecule has 0 N–H and O–H groups in total. The van der Waals surface area contributed by atoms with Crippen molar-refractivity contribution in [3.05, 3.63) is 36.3 Å². The predicted octanol–water partition coefficient (Wildman–Crippen LogP) is 3.39. The summed E-state index contributed by atoms with van der Waals surface area (Å²) in [6, 6.07) is 8.39. The van der Waals surface area contributed by atoms with Crippen molar-refractivity contribution in [2.24, 2.45) is 7.05 Å². The van der Waals surface area contributed by atoms with E-state index in [2.05, 4.69) is 56.3 Å². The number of benzene rings is 1. The van der Waals surface area contributed by atoms with Gasteiger partial charge in [-0.2, -0.15) is 4.37 Å². The van der Waals surface area contributed by atoms with Gasteiger partial charge in [0.1, 0.15) is 17.7 Å². The van der Waals surface area contributed by atoms with Gasteiger partial charge in [-0.05, 0) is 25.1 Å². The Morgan fingerprint density at radius 2 is 2.04 bits per heavy atom. The van der Waals surface area contributed by atoms with Gasteiger partial charge in [-0.15, -0.1) is 0 Å². The third kappa shape index (κ3) is 2.79. The molecule has 0 aliphatic carbocycles. The molecule has 0 atom stereocenters. The molecular weight excluding hydrogens is 308 g/mol. The van der Waals surface area contributed by atoms with Crippen LogP contribution < -0.4 is 9.64 Å². The molecule has 1 saturated heterocycles. The largest absolute Gasteiger partial charge is 0.490 e. The van der Waals surface area contributed by atoms with Gasteiger partial charge >= 0.3 is 0 Å². The summed E-state index contributed by atoms with van der Waals surface area (Å²) in [5, 5.41) is 2.23. The maximum absolute atomic E-state index is 6.30. The van der Waals surface area contributed by atoms with E-state index in [1.165, 1.54) is 22.4 Å². The molecule has 1 aliphatic heterocycles. The molecule has 120 valence electrons. The normalized spacial score (nSPS) is 16.2. The molecule has 0 spiro atoms. The van der Waals surface area contributed by atoms with Crippen LogP contribution in [-0.4, -0.2) is 33.1 Å². The molecule has 1 aliphatic rings. The van der Waals surface area contributed by atoms with E-state index >= 15 is 0 Å². The molecule has 5 nitrogen and oxygen atoms in total. The Labute approximate surface area is 139 Å². The highest BCUT2D eigenvalue weighted by molar-refractivity contribution is 7.09. The minimum Gasteiger partial charge on any atom is -0.490 e. The Morgan fingerprint density at radius 1 is 1.22 bits per heavy atom. The van der Waals surface area contributed by atoms with Crippen LogP contribution in [0, 0.1) is 6.92 Å². The van der Waals surface area contributed by atoms with Gasteiger partial charge in [-0.3, -0.25) is 0 Å². The number of nitrogens with zero attached hydrogens (tertiary/aromatic N) is 4. The minimum absolute atomic E-state index is 0.270.